The molecule has 2 heteroatoms. The molecule has 3 aliphatic rings. The van der Waals surface area contributed by atoms with Crippen molar-refractivity contribution in [1.29, 1.82) is 0 Å². The van der Waals surface area contributed by atoms with E-state index in [1.807, 2.05) is 0 Å². The van der Waals surface area contributed by atoms with Crippen molar-refractivity contribution in [2.75, 3.05) is 6.54 Å². The minimum atomic E-state index is 0.660. The van der Waals surface area contributed by atoms with Crippen molar-refractivity contribution in [3.63, 3.8) is 0 Å². The average molecular weight is 347 g/mol. The van der Waals surface area contributed by atoms with Gasteiger partial charge < -0.3 is 5.32 Å². The molecule has 1 aliphatic carbocycles. The van der Waals surface area contributed by atoms with Crippen LogP contribution >= 0.6 is 0 Å². The number of nitrogens with one attached hydrogen (secondary N) is 1. The molecule has 0 amide bonds. The van der Waals surface area contributed by atoms with Gasteiger partial charge in [-0.15, -0.1) is 0 Å². The first-order valence-electron chi connectivity index (χ1n) is 10.4. The lowest BCUT2D eigenvalue weighted by atomic mass is 9.90. The molecule has 2 bridgehead atoms. The molecule has 5 rings (SSSR count). The first kappa shape index (κ1) is 16.5. The van der Waals surface area contributed by atoms with Gasteiger partial charge in [-0.2, -0.15) is 0 Å². The van der Waals surface area contributed by atoms with Crippen LogP contribution < -0.4 is 5.32 Å². The van der Waals surface area contributed by atoms with E-state index >= 15 is 0 Å². The minimum absolute atomic E-state index is 0.660. The van der Waals surface area contributed by atoms with E-state index in [0.717, 1.165) is 24.5 Å². The highest BCUT2D eigenvalue weighted by Gasteiger charge is 2.40. The summed E-state index contributed by atoms with van der Waals surface area (Å²) >= 11 is 0. The second-order valence-corrected chi connectivity index (χ2v) is 8.66. The Balaban J connectivity index is 1.15. The van der Waals surface area contributed by atoms with Gasteiger partial charge in [0.25, 0.3) is 0 Å². The van der Waals surface area contributed by atoms with Gasteiger partial charge in [-0.05, 0) is 67.7 Å². The second kappa shape index (κ2) is 7.17. The van der Waals surface area contributed by atoms with Crippen LogP contribution in [0.4, 0.5) is 0 Å². The Hall–Kier alpha value is -1.64. The molecule has 1 N–H and O–H groups in total. The van der Waals surface area contributed by atoms with Crippen LogP contribution in [0.2, 0.25) is 0 Å². The minimum Gasteiger partial charge on any atom is -0.313 e. The molecule has 2 aromatic carbocycles. The maximum Gasteiger partial charge on any atom is 0.0239 e. The van der Waals surface area contributed by atoms with Crippen molar-refractivity contribution in [2.24, 2.45) is 5.92 Å². The van der Waals surface area contributed by atoms with Gasteiger partial charge in [-0.3, -0.25) is 4.90 Å². The molecule has 2 heterocycles. The van der Waals surface area contributed by atoms with Crippen LogP contribution in [0.25, 0.3) is 0 Å². The number of hydrogen-bond donors (Lipinski definition) is 1. The summed E-state index contributed by atoms with van der Waals surface area (Å²) in [4.78, 5) is 2.80. The third kappa shape index (κ3) is 3.33. The number of rotatable bonds is 5. The van der Waals surface area contributed by atoms with E-state index in [1.54, 1.807) is 11.1 Å². The largest absolute Gasteiger partial charge is 0.313 e. The average Bonchev–Trinajstić information content (AvgIpc) is 3.18. The molecule has 2 saturated heterocycles. The van der Waals surface area contributed by atoms with Crippen molar-refractivity contribution in [1.82, 2.24) is 10.2 Å². The van der Waals surface area contributed by atoms with Crippen LogP contribution in [0.5, 0.6) is 0 Å². The fraction of sp³-hybridized carbons (Fsp3) is 0.500. The van der Waals surface area contributed by atoms with Gasteiger partial charge in [-0.25, -0.2) is 0 Å². The third-order valence-corrected chi connectivity index (χ3v) is 6.94. The number of hydrogen-bond acceptors (Lipinski definition) is 2. The highest BCUT2D eigenvalue weighted by molar-refractivity contribution is 5.33. The van der Waals surface area contributed by atoms with Gasteiger partial charge in [0.15, 0.2) is 0 Å². The Labute approximate surface area is 157 Å². The summed E-state index contributed by atoms with van der Waals surface area (Å²) in [6.45, 7) is 2.36. The van der Waals surface area contributed by atoms with Crippen LogP contribution in [0, 0.1) is 5.92 Å². The van der Waals surface area contributed by atoms with Crippen LogP contribution in [0.3, 0.4) is 0 Å². The van der Waals surface area contributed by atoms with Crippen LogP contribution in [0.1, 0.15) is 42.4 Å². The van der Waals surface area contributed by atoms with Crippen molar-refractivity contribution in [3.05, 3.63) is 71.3 Å². The standard InChI is InChI=1S/C24H30N2/c1-2-6-18(7-3-1)17-26-23-10-11-24(26)13-19(12-23)16-25-22-14-20-8-4-5-9-21(20)15-22/h1-9,19,22-25H,10-17H2. The molecule has 0 radical (unpaired) electrons. The SMILES string of the molecule is c1ccc(CN2C3CCC2CC(CNC2Cc4ccccc4C2)C3)cc1. The fourth-order valence-electron chi connectivity index (χ4n) is 5.64. The molecule has 0 aromatic heterocycles. The molecule has 2 unspecified atom stereocenters. The summed E-state index contributed by atoms with van der Waals surface area (Å²) < 4.78 is 0. The van der Waals surface area contributed by atoms with E-state index in [9.17, 15) is 0 Å². The van der Waals surface area contributed by atoms with Crippen LogP contribution in [-0.2, 0) is 19.4 Å². The predicted octanol–water partition coefficient (Wildman–Crippen LogP) is 4.19. The lowest BCUT2D eigenvalue weighted by Gasteiger charge is -2.39. The van der Waals surface area contributed by atoms with Gasteiger partial charge in [0, 0.05) is 24.7 Å². The van der Waals surface area contributed by atoms with Gasteiger partial charge in [0.2, 0.25) is 0 Å². The Kier molecular flexibility index (Phi) is 4.56. The first-order valence-corrected chi connectivity index (χ1v) is 10.4. The van der Waals surface area contributed by atoms with Crippen molar-refractivity contribution >= 4 is 0 Å². The Morgan fingerprint density at radius 3 is 2.08 bits per heavy atom. The summed E-state index contributed by atoms with van der Waals surface area (Å²) in [5, 5.41) is 3.91. The lowest BCUT2D eigenvalue weighted by Crippen LogP contribution is -2.45. The predicted molar refractivity (Wildman–Crippen MR) is 107 cm³/mol. The quantitative estimate of drug-likeness (QED) is 0.873. The van der Waals surface area contributed by atoms with Crippen molar-refractivity contribution in [2.45, 2.75) is 63.2 Å². The molecule has 2 fully saturated rings. The maximum atomic E-state index is 3.91. The highest BCUT2D eigenvalue weighted by atomic mass is 15.2. The van der Waals surface area contributed by atoms with E-state index in [4.69, 9.17) is 0 Å². The van der Waals surface area contributed by atoms with Gasteiger partial charge >= 0.3 is 0 Å². The molecular weight excluding hydrogens is 316 g/mol. The zero-order valence-corrected chi connectivity index (χ0v) is 15.6. The summed E-state index contributed by atoms with van der Waals surface area (Å²) in [6, 6.07) is 22.3. The third-order valence-electron chi connectivity index (χ3n) is 6.94. The fourth-order valence-corrected chi connectivity index (χ4v) is 5.64. The van der Waals surface area contributed by atoms with E-state index in [-0.39, 0.29) is 0 Å². The molecule has 26 heavy (non-hydrogen) atoms. The monoisotopic (exact) mass is 346 g/mol. The normalized spacial score (nSPS) is 28.4. The topological polar surface area (TPSA) is 15.3 Å². The summed E-state index contributed by atoms with van der Waals surface area (Å²) in [5.74, 6) is 0.864. The van der Waals surface area contributed by atoms with Crippen molar-refractivity contribution < 1.29 is 0 Å². The number of fused-ring (bicyclic) bond motifs is 3. The van der Waals surface area contributed by atoms with E-state index in [2.05, 4.69) is 64.8 Å². The number of piperidine rings is 1. The molecule has 2 aliphatic heterocycles. The molecule has 2 aromatic rings. The summed E-state index contributed by atoms with van der Waals surface area (Å²) in [5.41, 5.74) is 4.59. The lowest BCUT2D eigenvalue weighted by molar-refractivity contribution is 0.0946. The van der Waals surface area contributed by atoms with Crippen LogP contribution in [0.15, 0.2) is 54.6 Å². The zero-order valence-electron chi connectivity index (χ0n) is 15.6. The first-order chi connectivity index (χ1) is 12.8. The highest BCUT2D eigenvalue weighted by Crippen LogP contribution is 2.39. The Morgan fingerprint density at radius 1 is 0.808 bits per heavy atom. The van der Waals surface area contributed by atoms with Crippen molar-refractivity contribution in [3.8, 4) is 0 Å². The Bertz CT molecular complexity index is 702. The molecule has 2 atom stereocenters. The maximum absolute atomic E-state index is 3.91. The summed E-state index contributed by atoms with van der Waals surface area (Å²) in [7, 11) is 0. The number of benzene rings is 2. The summed E-state index contributed by atoms with van der Waals surface area (Å²) in [6.07, 6.45) is 8.02. The molecule has 136 valence electrons. The van der Waals surface area contributed by atoms with Crippen LogP contribution in [-0.4, -0.2) is 29.6 Å². The molecule has 0 spiro atoms. The zero-order chi connectivity index (χ0) is 17.3. The molecular formula is C24H30N2. The number of nitrogens with zero attached hydrogens (tertiary/aromatic N) is 1. The van der Waals surface area contributed by atoms with E-state index in [0.29, 0.717) is 6.04 Å². The Morgan fingerprint density at radius 2 is 1.42 bits per heavy atom. The van der Waals surface area contributed by atoms with E-state index < -0.39 is 0 Å². The molecule has 2 nitrogen and oxygen atoms in total. The molecule has 0 saturated carbocycles. The van der Waals surface area contributed by atoms with E-state index in [1.165, 1.54) is 50.6 Å². The smallest absolute Gasteiger partial charge is 0.0239 e. The second-order valence-electron chi connectivity index (χ2n) is 8.66. The van der Waals surface area contributed by atoms with Gasteiger partial charge in [-0.1, -0.05) is 54.6 Å². The van der Waals surface area contributed by atoms with Gasteiger partial charge in [0.1, 0.15) is 0 Å². The van der Waals surface area contributed by atoms with Gasteiger partial charge in [0.05, 0.1) is 0 Å².